The maximum Gasteiger partial charge on any atom is 0.223 e. The van der Waals surface area contributed by atoms with Crippen molar-refractivity contribution in [2.75, 3.05) is 25.4 Å². The summed E-state index contributed by atoms with van der Waals surface area (Å²) < 4.78 is 0.269. The van der Waals surface area contributed by atoms with Gasteiger partial charge in [0.25, 0.3) is 0 Å². The topological polar surface area (TPSA) is 32.3 Å². The van der Waals surface area contributed by atoms with Crippen molar-refractivity contribution >= 4 is 17.7 Å². The molecule has 134 valence electrons. The Hall–Kier alpha value is -1.00. The summed E-state index contributed by atoms with van der Waals surface area (Å²) in [6, 6.07) is 8.58. The zero-order valence-corrected chi connectivity index (χ0v) is 16.4. The van der Waals surface area contributed by atoms with Crippen LogP contribution in [0.3, 0.4) is 0 Å². The maximum absolute atomic E-state index is 12.3. The number of likely N-dealkylation sites (tertiary alicyclic amines) is 1. The third kappa shape index (κ3) is 6.48. The highest BCUT2D eigenvalue weighted by molar-refractivity contribution is 8.00. The number of piperidine rings is 1. The molecule has 0 unspecified atom stereocenters. The normalized spacial score (nSPS) is 17.0. The molecule has 1 amide bonds. The van der Waals surface area contributed by atoms with E-state index in [-0.39, 0.29) is 16.6 Å². The van der Waals surface area contributed by atoms with Gasteiger partial charge in [-0.3, -0.25) is 9.69 Å². The van der Waals surface area contributed by atoms with Gasteiger partial charge in [-0.25, -0.2) is 0 Å². The van der Waals surface area contributed by atoms with Crippen molar-refractivity contribution in [3.8, 4) is 0 Å². The maximum atomic E-state index is 12.3. The van der Waals surface area contributed by atoms with E-state index in [4.69, 9.17) is 0 Å². The number of benzene rings is 1. The fourth-order valence-electron chi connectivity index (χ4n) is 3.06. The van der Waals surface area contributed by atoms with E-state index in [9.17, 15) is 4.79 Å². The number of thioether (sulfide) groups is 1. The van der Waals surface area contributed by atoms with Crippen LogP contribution in [0.1, 0.15) is 44.7 Å². The first-order valence-electron chi connectivity index (χ1n) is 9.04. The molecule has 0 saturated carbocycles. The molecular weight excluding hydrogens is 316 g/mol. The van der Waals surface area contributed by atoms with E-state index in [0.717, 1.165) is 44.8 Å². The molecule has 1 N–H and O–H groups in total. The standard InChI is InChI=1S/C20H32N2OS/c1-16-7-5-6-8-18(16)15-22-12-9-17(10-13-22)19(23)21-11-14-24-20(2,3)4/h5-8,17H,9-15H2,1-4H3,(H,21,23). The summed E-state index contributed by atoms with van der Waals surface area (Å²) in [6.45, 7) is 12.6. The van der Waals surface area contributed by atoms with Gasteiger partial charge in [-0.1, -0.05) is 45.0 Å². The summed E-state index contributed by atoms with van der Waals surface area (Å²) >= 11 is 1.90. The Bertz CT molecular complexity index is 531. The van der Waals surface area contributed by atoms with Crippen molar-refractivity contribution in [2.24, 2.45) is 5.92 Å². The fourth-order valence-corrected chi connectivity index (χ4v) is 3.87. The number of rotatable bonds is 6. The van der Waals surface area contributed by atoms with Gasteiger partial charge in [0.2, 0.25) is 5.91 Å². The lowest BCUT2D eigenvalue weighted by atomic mass is 9.95. The number of aryl methyl sites for hydroxylation is 1. The predicted octanol–water partition coefficient (Wildman–Crippen LogP) is 3.85. The number of hydrogen-bond acceptors (Lipinski definition) is 3. The molecule has 4 heteroatoms. The van der Waals surface area contributed by atoms with Crippen LogP contribution in [-0.4, -0.2) is 40.9 Å². The Morgan fingerprint density at radius 3 is 2.54 bits per heavy atom. The third-order valence-corrected chi connectivity index (χ3v) is 5.82. The molecule has 1 aliphatic heterocycles. The molecule has 1 aliphatic rings. The van der Waals surface area contributed by atoms with Crippen LogP contribution in [0, 0.1) is 12.8 Å². The highest BCUT2D eigenvalue weighted by Gasteiger charge is 2.25. The van der Waals surface area contributed by atoms with Crippen LogP contribution in [0.25, 0.3) is 0 Å². The molecule has 1 aromatic rings. The first-order valence-corrected chi connectivity index (χ1v) is 10.0. The molecule has 0 spiro atoms. The van der Waals surface area contributed by atoms with Crippen LogP contribution in [0.15, 0.2) is 24.3 Å². The summed E-state index contributed by atoms with van der Waals surface area (Å²) in [6.07, 6.45) is 1.95. The van der Waals surface area contributed by atoms with Gasteiger partial charge < -0.3 is 5.32 Å². The van der Waals surface area contributed by atoms with Crippen molar-refractivity contribution in [1.29, 1.82) is 0 Å². The summed E-state index contributed by atoms with van der Waals surface area (Å²) in [4.78, 5) is 14.8. The molecule has 1 heterocycles. The molecular formula is C20H32N2OS. The molecule has 0 aromatic heterocycles. The third-order valence-electron chi connectivity index (χ3n) is 4.55. The van der Waals surface area contributed by atoms with Crippen molar-refractivity contribution in [3.05, 3.63) is 35.4 Å². The average molecular weight is 349 g/mol. The zero-order valence-electron chi connectivity index (χ0n) is 15.6. The number of hydrogen-bond donors (Lipinski definition) is 1. The Morgan fingerprint density at radius 2 is 1.92 bits per heavy atom. The van der Waals surface area contributed by atoms with Gasteiger partial charge in [0, 0.05) is 29.5 Å². The monoisotopic (exact) mass is 348 g/mol. The quantitative estimate of drug-likeness (QED) is 0.793. The van der Waals surface area contributed by atoms with Gasteiger partial charge in [0.15, 0.2) is 0 Å². The second-order valence-electron chi connectivity index (χ2n) is 7.73. The lowest BCUT2D eigenvalue weighted by molar-refractivity contribution is -0.126. The zero-order chi connectivity index (χ0) is 17.6. The van der Waals surface area contributed by atoms with Crippen LogP contribution in [0.2, 0.25) is 0 Å². The number of nitrogens with one attached hydrogen (secondary N) is 1. The van der Waals surface area contributed by atoms with E-state index in [1.165, 1.54) is 11.1 Å². The van der Waals surface area contributed by atoms with Crippen LogP contribution >= 0.6 is 11.8 Å². The summed E-state index contributed by atoms with van der Waals surface area (Å²) in [5.41, 5.74) is 2.76. The van der Waals surface area contributed by atoms with Gasteiger partial charge in [0.1, 0.15) is 0 Å². The van der Waals surface area contributed by atoms with Gasteiger partial charge in [-0.2, -0.15) is 11.8 Å². The molecule has 0 atom stereocenters. The average Bonchev–Trinajstić information content (AvgIpc) is 2.53. The Kier molecular flexibility index (Phi) is 7.17. The van der Waals surface area contributed by atoms with Crippen molar-refractivity contribution in [2.45, 2.75) is 51.8 Å². The van der Waals surface area contributed by atoms with Crippen LogP contribution in [0.4, 0.5) is 0 Å². The van der Waals surface area contributed by atoms with Gasteiger partial charge in [-0.15, -0.1) is 0 Å². The van der Waals surface area contributed by atoms with E-state index in [1.807, 2.05) is 11.8 Å². The van der Waals surface area contributed by atoms with Crippen LogP contribution in [-0.2, 0) is 11.3 Å². The van der Waals surface area contributed by atoms with E-state index in [0.29, 0.717) is 0 Å². The number of carbonyl (C=O) groups is 1. The first-order chi connectivity index (χ1) is 11.3. The largest absolute Gasteiger partial charge is 0.355 e. The lowest BCUT2D eigenvalue weighted by Crippen LogP contribution is -2.41. The van der Waals surface area contributed by atoms with Crippen LogP contribution < -0.4 is 5.32 Å². The first kappa shape index (κ1) is 19.3. The van der Waals surface area contributed by atoms with E-state index in [1.54, 1.807) is 0 Å². The van der Waals surface area contributed by atoms with Gasteiger partial charge >= 0.3 is 0 Å². The van der Waals surface area contributed by atoms with Crippen molar-refractivity contribution < 1.29 is 4.79 Å². The van der Waals surface area contributed by atoms with Crippen molar-refractivity contribution in [3.63, 3.8) is 0 Å². The van der Waals surface area contributed by atoms with Crippen molar-refractivity contribution in [1.82, 2.24) is 10.2 Å². The molecule has 0 bridgehead atoms. The van der Waals surface area contributed by atoms with E-state index < -0.39 is 0 Å². The number of carbonyl (C=O) groups excluding carboxylic acids is 1. The number of amides is 1. The van der Waals surface area contributed by atoms with E-state index >= 15 is 0 Å². The molecule has 1 saturated heterocycles. The van der Waals surface area contributed by atoms with Gasteiger partial charge in [-0.05, 0) is 44.0 Å². The molecule has 1 fully saturated rings. The second-order valence-corrected chi connectivity index (χ2v) is 9.65. The molecule has 0 aliphatic carbocycles. The fraction of sp³-hybridized carbons (Fsp3) is 0.650. The second kappa shape index (κ2) is 8.91. The summed E-state index contributed by atoms with van der Waals surface area (Å²) in [5, 5.41) is 3.12. The van der Waals surface area contributed by atoms with Crippen LogP contribution in [0.5, 0.6) is 0 Å². The molecule has 0 radical (unpaired) electrons. The van der Waals surface area contributed by atoms with E-state index in [2.05, 4.69) is 62.2 Å². The summed E-state index contributed by atoms with van der Waals surface area (Å²) in [5.74, 6) is 1.43. The Labute approximate surface area is 151 Å². The molecule has 2 rings (SSSR count). The molecule has 3 nitrogen and oxygen atoms in total. The van der Waals surface area contributed by atoms with Gasteiger partial charge in [0.05, 0.1) is 0 Å². The minimum Gasteiger partial charge on any atom is -0.355 e. The highest BCUT2D eigenvalue weighted by atomic mass is 32.2. The Morgan fingerprint density at radius 1 is 1.25 bits per heavy atom. The highest BCUT2D eigenvalue weighted by Crippen LogP contribution is 2.23. The minimum absolute atomic E-state index is 0.192. The predicted molar refractivity (Wildman–Crippen MR) is 104 cm³/mol. The minimum atomic E-state index is 0.192. The lowest BCUT2D eigenvalue weighted by Gasteiger charge is -2.31. The summed E-state index contributed by atoms with van der Waals surface area (Å²) in [7, 11) is 0. The number of nitrogens with zero attached hydrogens (tertiary/aromatic N) is 1. The smallest absolute Gasteiger partial charge is 0.223 e. The molecule has 1 aromatic carbocycles. The molecule has 24 heavy (non-hydrogen) atoms. The Balaban J connectivity index is 1.68. The SMILES string of the molecule is Cc1ccccc1CN1CCC(C(=O)NCCSC(C)(C)C)CC1.